The van der Waals surface area contributed by atoms with Gasteiger partial charge in [-0.1, -0.05) is 40.5 Å². The Kier molecular flexibility index (Phi) is 5.62. The van der Waals surface area contributed by atoms with Crippen LogP contribution in [-0.4, -0.2) is 12.6 Å². The molecule has 15 heavy (non-hydrogen) atoms. The smallest absolute Gasteiger partial charge is 0.0705 e. The maximum Gasteiger partial charge on any atom is 0.0705 e. The van der Waals surface area contributed by atoms with Crippen molar-refractivity contribution in [1.29, 1.82) is 0 Å². The normalized spacial score (nSPS) is 27.6. The first-order chi connectivity index (χ1) is 7.09. The van der Waals surface area contributed by atoms with E-state index >= 15 is 0 Å². The zero-order valence-electron chi connectivity index (χ0n) is 10.8. The maximum absolute atomic E-state index is 5.51. The number of hydrogen-bond donors (Lipinski definition) is 1. The minimum atomic E-state index is 0.588. The van der Waals surface area contributed by atoms with Crippen molar-refractivity contribution in [1.82, 2.24) is 5.48 Å². The van der Waals surface area contributed by atoms with E-state index < -0.39 is 0 Å². The summed E-state index contributed by atoms with van der Waals surface area (Å²) < 4.78 is 0. The molecule has 1 fully saturated rings. The van der Waals surface area contributed by atoms with Crippen molar-refractivity contribution in [2.24, 2.45) is 17.8 Å². The lowest BCUT2D eigenvalue weighted by Gasteiger charge is -2.31. The molecule has 2 heteroatoms. The molecule has 1 aliphatic carbocycles. The molecule has 0 spiro atoms. The van der Waals surface area contributed by atoms with E-state index in [0.717, 1.165) is 18.4 Å². The lowest BCUT2D eigenvalue weighted by molar-refractivity contribution is -0.0143. The van der Waals surface area contributed by atoms with Crippen molar-refractivity contribution < 1.29 is 4.84 Å². The summed E-state index contributed by atoms with van der Waals surface area (Å²) in [4.78, 5) is 5.51. The van der Waals surface area contributed by atoms with Gasteiger partial charge in [-0.2, -0.15) is 5.48 Å². The van der Waals surface area contributed by atoms with Gasteiger partial charge in [0.05, 0.1) is 6.61 Å². The highest BCUT2D eigenvalue weighted by Crippen LogP contribution is 2.29. The zero-order valence-corrected chi connectivity index (χ0v) is 10.8. The van der Waals surface area contributed by atoms with Gasteiger partial charge in [0, 0.05) is 6.04 Å². The molecule has 2 atom stereocenters. The van der Waals surface area contributed by atoms with E-state index in [-0.39, 0.29) is 0 Å². The summed E-state index contributed by atoms with van der Waals surface area (Å²) >= 11 is 0. The summed E-state index contributed by atoms with van der Waals surface area (Å²) in [5, 5.41) is 0. The largest absolute Gasteiger partial charge is 0.301 e. The van der Waals surface area contributed by atoms with Gasteiger partial charge in [0.25, 0.3) is 0 Å². The average molecular weight is 213 g/mol. The molecule has 0 bridgehead atoms. The van der Waals surface area contributed by atoms with Crippen LogP contribution in [0.25, 0.3) is 0 Å². The van der Waals surface area contributed by atoms with Gasteiger partial charge in [0.2, 0.25) is 0 Å². The molecular weight excluding hydrogens is 186 g/mol. The highest BCUT2D eigenvalue weighted by Gasteiger charge is 2.23. The third-order valence-electron chi connectivity index (χ3n) is 3.32. The quantitative estimate of drug-likeness (QED) is 0.707. The molecule has 2 unspecified atom stereocenters. The van der Waals surface area contributed by atoms with Crippen LogP contribution in [0.1, 0.15) is 53.4 Å². The number of rotatable bonds is 5. The third kappa shape index (κ3) is 4.98. The molecule has 0 aromatic heterocycles. The number of hydroxylamine groups is 1. The van der Waals surface area contributed by atoms with Crippen LogP contribution in [0.15, 0.2) is 0 Å². The van der Waals surface area contributed by atoms with Gasteiger partial charge in [-0.25, -0.2) is 0 Å². The number of nitrogens with one attached hydrogen (secondary N) is 1. The van der Waals surface area contributed by atoms with Crippen LogP contribution in [0.3, 0.4) is 0 Å². The molecule has 2 nitrogen and oxygen atoms in total. The molecular formula is C13H27NO. The highest BCUT2D eigenvalue weighted by atomic mass is 16.6. The second kappa shape index (κ2) is 6.49. The summed E-state index contributed by atoms with van der Waals surface area (Å²) in [7, 11) is 0. The van der Waals surface area contributed by atoms with Gasteiger partial charge >= 0.3 is 0 Å². The van der Waals surface area contributed by atoms with E-state index in [1.54, 1.807) is 0 Å². The first kappa shape index (κ1) is 13.0. The van der Waals surface area contributed by atoms with Crippen LogP contribution in [0.2, 0.25) is 0 Å². The van der Waals surface area contributed by atoms with E-state index in [1.807, 2.05) is 0 Å². The summed E-state index contributed by atoms with van der Waals surface area (Å²) in [5.74, 6) is 2.32. The molecule has 0 aromatic carbocycles. The first-order valence-corrected chi connectivity index (χ1v) is 6.47. The van der Waals surface area contributed by atoms with Crippen LogP contribution < -0.4 is 5.48 Å². The van der Waals surface area contributed by atoms with E-state index in [9.17, 15) is 0 Å². The Labute approximate surface area is 94.7 Å². The fourth-order valence-corrected chi connectivity index (χ4v) is 2.27. The van der Waals surface area contributed by atoms with Crippen LogP contribution in [0, 0.1) is 17.8 Å². The third-order valence-corrected chi connectivity index (χ3v) is 3.32. The Hall–Kier alpha value is -0.0800. The molecule has 1 aliphatic rings. The summed E-state index contributed by atoms with van der Waals surface area (Å²) in [6, 6.07) is 0.588. The monoisotopic (exact) mass is 213 g/mol. The molecule has 0 amide bonds. The maximum atomic E-state index is 5.51. The topological polar surface area (TPSA) is 21.3 Å². The first-order valence-electron chi connectivity index (χ1n) is 6.47. The molecule has 0 heterocycles. The molecule has 0 aromatic rings. The Morgan fingerprint density at radius 2 is 1.93 bits per heavy atom. The van der Waals surface area contributed by atoms with Gasteiger partial charge in [-0.3, -0.25) is 0 Å². The van der Waals surface area contributed by atoms with Crippen LogP contribution in [0.4, 0.5) is 0 Å². The minimum Gasteiger partial charge on any atom is -0.301 e. The molecule has 90 valence electrons. The Bertz CT molecular complexity index is 168. The second-order valence-corrected chi connectivity index (χ2v) is 5.69. The van der Waals surface area contributed by atoms with Crippen LogP contribution in [0.5, 0.6) is 0 Å². The minimum absolute atomic E-state index is 0.588. The van der Waals surface area contributed by atoms with Crippen molar-refractivity contribution in [3.63, 3.8) is 0 Å². The fourth-order valence-electron chi connectivity index (χ4n) is 2.27. The summed E-state index contributed by atoms with van der Waals surface area (Å²) in [6.45, 7) is 9.85. The predicted octanol–water partition coefficient (Wildman–Crippen LogP) is 3.38. The van der Waals surface area contributed by atoms with Crippen molar-refractivity contribution in [2.45, 2.75) is 59.4 Å². The van der Waals surface area contributed by atoms with Crippen LogP contribution >= 0.6 is 0 Å². The van der Waals surface area contributed by atoms with Crippen molar-refractivity contribution in [3.8, 4) is 0 Å². The summed E-state index contributed by atoms with van der Waals surface area (Å²) in [5.41, 5.74) is 3.24. The molecule has 0 radical (unpaired) electrons. The van der Waals surface area contributed by atoms with Crippen molar-refractivity contribution >= 4 is 0 Å². The average Bonchev–Trinajstić information content (AvgIpc) is 2.17. The van der Waals surface area contributed by atoms with E-state index in [2.05, 4.69) is 33.2 Å². The van der Waals surface area contributed by atoms with Gasteiger partial charge in [-0.15, -0.1) is 0 Å². The van der Waals surface area contributed by atoms with Gasteiger partial charge in [0.15, 0.2) is 0 Å². The van der Waals surface area contributed by atoms with Gasteiger partial charge < -0.3 is 4.84 Å². The van der Waals surface area contributed by atoms with Gasteiger partial charge in [0.1, 0.15) is 0 Å². The Morgan fingerprint density at radius 1 is 1.20 bits per heavy atom. The molecule has 0 aliphatic heterocycles. The molecule has 1 rings (SSSR count). The zero-order chi connectivity index (χ0) is 11.3. The van der Waals surface area contributed by atoms with Crippen LogP contribution in [-0.2, 0) is 4.84 Å². The second-order valence-electron chi connectivity index (χ2n) is 5.69. The predicted molar refractivity (Wildman–Crippen MR) is 64.5 cm³/mol. The molecule has 1 N–H and O–H groups in total. The van der Waals surface area contributed by atoms with E-state index in [0.29, 0.717) is 12.0 Å². The lowest BCUT2D eigenvalue weighted by atomic mass is 9.79. The molecule has 0 saturated heterocycles. The Balaban J connectivity index is 2.18. The lowest BCUT2D eigenvalue weighted by Crippen LogP contribution is -2.36. The van der Waals surface area contributed by atoms with Gasteiger partial charge in [-0.05, 0) is 30.6 Å². The van der Waals surface area contributed by atoms with Crippen molar-refractivity contribution in [3.05, 3.63) is 0 Å². The van der Waals surface area contributed by atoms with Crippen molar-refractivity contribution in [2.75, 3.05) is 6.61 Å². The van der Waals surface area contributed by atoms with E-state index in [4.69, 9.17) is 4.84 Å². The fraction of sp³-hybridized carbons (Fsp3) is 1.00. The number of hydrogen-bond acceptors (Lipinski definition) is 2. The van der Waals surface area contributed by atoms with E-state index in [1.165, 1.54) is 25.7 Å². The SMILES string of the molecule is CC(C)CONC1CCCC(C(C)C)C1. The Morgan fingerprint density at radius 3 is 2.53 bits per heavy atom. The summed E-state index contributed by atoms with van der Waals surface area (Å²) in [6.07, 6.45) is 5.32. The highest BCUT2D eigenvalue weighted by molar-refractivity contribution is 4.77. The molecule has 1 saturated carbocycles. The standard InChI is InChI=1S/C13H27NO/c1-10(2)9-15-14-13-7-5-6-12(8-13)11(3)4/h10-14H,5-9H2,1-4H3.